The van der Waals surface area contributed by atoms with E-state index >= 15 is 0 Å². The number of nitrogens with zero attached hydrogens (tertiary/aromatic N) is 5. The van der Waals surface area contributed by atoms with Crippen LogP contribution in [-0.2, 0) is 9.59 Å². The van der Waals surface area contributed by atoms with Gasteiger partial charge in [0.15, 0.2) is 5.17 Å². The predicted molar refractivity (Wildman–Crippen MR) is 145 cm³/mol. The van der Waals surface area contributed by atoms with Gasteiger partial charge < -0.3 is 0 Å². The van der Waals surface area contributed by atoms with Gasteiger partial charge >= 0.3 is 5.88 Å². The second-order valence-electron chi connectivity index (χ2n) is 8.53. The number of carbonyl (C=O) groups is 2. The number of carbonyl (C=O) groups excluding carboxylic acids is 2. The van der Waals surface area contributed by atoms with Crippen LogP contribution in [0.5, 0.6) is 0 Å². The number of piperidine rings is 1. The zero-order valence-electron chi connectivity index (χ0n) is 20.2. The Morgan fingerprint density at radius 2 is 1.78 bits per heavy atom. The second-order valence-corrected chi connectivity index (χ2v) is 9.47. The molecule has 2 aromatic carbocycles. The van der Waals surface area contributed by atoms with E-state index in [2.05, 4.69) is 20.6 Å². The van der Waals surface area contributed by atoms with E-state index in [4.69, 9.17) is 4.52 Å². The Hall–Kier alpha value is -4.18. The van der Waals surface area contributed by atoms with Crippen LogP contribution in [0.3, 0.4) is 0 Å². The third-order valence-electron chi connectivity index (χ3n) is 5.86. The van der Waals surface area contributed by atoms with Gasteiger partial charge in [0.05, 0.1) is 29.3 Å². The van der Waals surface area contributed by atoms with E-state index in [1.807, 2.05) is 66.7 Å². The molecule has 37 heavy (non-hydrogen) atoms. The van der Waals surface area contributed by atoms with Gasteiger partial charge in [0.1, 0.15) is 5.70 Å². The maximum atomic E-state index is 13.2. The van der Waals surface area contributed by atoms with Crippen molar-refractivity contribution in [3.05, 3.63) is 90.3 Å². The third kappa shape index (κ3) is 6.15. The zero-order valence-corrected chi connectivity index (χ0v) is 21.0. The number of para-hydroxylation sites is 1. The van der Waals surface area contributed by atoms with E-state index < -0.39 is 0 Å². The smallest absolute Gasteiger partial charge is 0.288 e. The molecule has 9 nitrogen and oxygen atoms in total. The van der Waals surface area contributed by atoms with Crippen LogP contribution in [0.1, 0.15) is 24.8 Å². The average molecular weight is 516 g/mol. The Balaban J connectivity index is 1.26. The van der Waals surface area contributed by atoms with E-state index in [-0.39, 0.29) is 23.5 Å². The maximum absolute atomic E-state index is 13.2. The second kappa shape index (κ2) is 11.7. The lowest BCUT2D eigenvalue weighted by atomic mass is 10.2. The molecule has 1 N–H and O–H groups in total. The molecule has 2 amide bonds. The number of amidine groups is 1. The first-order chi connectivity index (χ1) is 18.2. The molecule has 5 rings (SSSR count). The van der Waals surface area contributed by atoms with Gasteiger partial charge in [0.2, 0.25) is 11.2 Å². The quantitative estimate of drug-likeness (QED) is 0.380. The fraction of sp³-hybridized carbons (Fsp3) is 0.222. The molecule has 0 atom stereocenters. The fourth-order valence-corrected chi connectivity index (χ4v) is 4.85. The highest BCUT2D eigenvalue weighted by Crippen LogP contribution is 2.28. The van der Waals surface area contributed by atoms with Crippen molar-refractivity contribution in [3.63, 3.8) is 0 Å². The van der Waals surface area contributed by atoms with Crippen LogP contribution in [0.2, 0.25) is 0 Å². The Kier molecular flexibility index (Phi) is 7.75. The molecule has 2 aliphatic heterocycles. The van der Waals surface area contributed by atoms with Crippen molar-refractivity contribution in [3.8, 4) is 0 Å². The van der Waals surface area contributed by atoms with Crippen LogP contribution in [0.4, 0.5) is 11.6 Å². The van der Waals surface area contributed by atoms with E-state index in [1.54, 1.807) is 23.1 Å². The number of thioether (sulfide) groups is 1. The van der Waals surface area contributed by atoms with Gasteiger partial charge in [-0.25, -0.2) is 4.99 Å². The highest BCUT2D eigenvalue weighted by molar-refractivity contribution is 8.14. The van der Waals surface area contributed by atoms with Gasteiger partial charge in [-0.05, 0) is 43.0 Å². The van der Waals surface area contributed by atoms with Crippen LogP contribution in [0.15, 0.2) is 94.2 Å². The minimum atomic E-state index is -0.281. The number of hydrogen-bond acceptors (Lipinski definition) is 7. The molecule has 1 aromatic heterocycles. The Bertz CT molecular complexity index is 1330. The summed E-state index contributed by atoms with van der Waals surface area (Å²) in [6.45, 7) is 1.81. The summed E-state index contributed by atoms with van der Waals surface area (Å²) in [7, 11) is 0. The molecule has 0 bridgehead atoms. The molecule has 10 heteroatoms. The van der Waals surface area contributed by atoms with Crippen LogP contribution in [0.25, 0.3) is 6.08 Å². The summed E-state index contributed by atoms with van der Waals surface area (Å²) in [5.74, 6) is -0.208. The number of aromatic nitrogens is 2. The number of rotatable bonds is 7. The number of aliphatic imine (C=N–C) groups is 1. The maximum Gasteiger partial charge on any atom is 0.305 e. The van der Waals surface area contributed by atoms with Crippen molar-refractivity contribution in [2.75, 3.05) is 34.1 Å². The number of amides is 2. The molecule has 1 saturated heterocycles. The highest BCUT2D eigenvalue weighted by Gasteiger charge is 2.32. The molecule has 188 valence electrons. The van der Waals surface area contributed by atoms with Crippen molar-refractivity contribution in [2.45, 2.75) is 19.3 Å². The molecule has 0 unspecified atom stereocenters. The van der Waals surface area contributed by atoms with Crippen molar-refractivity contribution >= 4 is 46.4 Å². The average Bonchev–Trinajstić information content (AvgIpc) is 3.53. The number of benzene rings is 2. The highest BCUT2D eigenvalue weighted by atomic mass is 32.2. The van der Waals surface area contributed by atoms with Gasteiger partial charge in [-0.15, -0.1) is 0 Å². The molecule has 0 radical (unpaired) electrons. The third-order valence-corrected chi connectivity index (χ3v) is 6.80. The summed E-state index contributed by atoms with van der Waals surface area (Å²) < 4.78 is 5.28. The van der Waals surface area contributed by atoms with Crippen LogP contribution >= 0.6 is 11.8 Å². The fourth-order valence-electron chi connectivity index (χ4n) is 4.04. The lowest BCUT2D eigenvalue weighted by Gasteiger charge is -2.17. The summed E-state index contributed by atoms with van der Waals surface area (Å²) in [5, 5.41) is 9.26. The minimum Gasteiger partial charge on any atom is -0.288 e. The predicted octanol–water partition coefficient (Wildman–Crippen LogP) is 3.76. The van der Waals surface area contributed by atoms with E-state index in [9.17, 15) is 9.59 Å². The number of anilines is 2. The first kappa shape index (κ1) is 24.5. The van der Waals surface area contributed by atoms with Crippen LogP contribution in [0, 0.1) is 0 Å². The standard InChI is InChI=1S/C27H26N6O3S/c34-24(29-25-19-32(30-36-25)31-17-8-3-9-18-31)20-37-27-28-23(16-10-13-21-11-4-1-5-12-21)26(35)33(27)22-14-6-2-7-15-22/h1-2,4-7,10-16,19H,3,8-9,17-18,20H2/p+1/b13-10+,23-16+. The first-order valence-corrected chi connectivity index (χ1v) is 13.1. The zero-order chi connectivity index (χ0) is 25.5. The van der Waals surface area contributed by atoms with Crippen molar-refractivity contribution < 1.29 is 18.9 Å². The number of hydrogen-bond donors (Lipinski definition) is 1. The van der Waals surface area contributed by atoms with Crippen LogP contribution in [-0.4, -0.2) is 41.1 Å². The first-order valence-electron chi connectivity index (χ1n) is 12.2. The summed E-state index contributed by atoms with van der Waals surface area (Å²) >= 11 is 1.19. The molecular weight excluding hydrogens is 488 g/mol. The lowest BCUT2D eigenvalue weighted by Crippen LogP contribution is -2.60. The molecule has 0 saturated carbocycles. The van der Waals surface area contributed by atoms with Gasteiger partial charge in [0.25, 0.3) is 12.1 Å². The molecule has 3 heterocycles. The van der Waals surface area contributed by atoms with E-state index in [0.717, 1.165) is 31.5 Å². The molecule has 1 fully saturated rings. The summed E-state index contributed by atoms with van der Waals surface area (Å²) in [4.78, 5) is 33.6. The lowest BCUT2D eigenvalue weighted by molar-refractivity contribution is -0.759. The summed E-state index contributed by atoms with van der Waals surface area (Å²) in [6.07, 6.45) is 10.5. The summed E-state index contributed by atoms with van der Waals surface area (Å²) in [6, 6.07) is 19.1. The SMILES string of the molecule is O=C(CSC1=N/C(=C/C=C/c2ccccc2)C(=O)N1c1ccccc1)Nc1c[n+](N2CCCCC2)no1. The van der Waals surface area contributed by atoms with Crippen molar-refractivity contribution in [1.82, 2.24) is 5.27 Å². The van der Waals surface area contributed by atoms with Crippen molar-refractivity contribution in [2.24, 2.45) is 4.99 Å². The minimum absolute atomic E-state index is 0.0486. The molecule has 0 aliphatic carbocycles. The monoisotopic (exact) mass is 515 g/mol. The van der Waals surface area contributed by atoms with Gasteiger partial charge in [0, 0.05) is 0 Å². The summed E-state index contributed by atoms with van der Waals surface area (Å²) in [5.41, 5.74) is 2.01. The molecule has 2 aliphatic rings. The largest absolute Gasteiger partial charge is 0.305 e. The molecular formula is C27H27N6O3S+. The van der Waals surface area contributed by atoms with Gasteiger partial charge in [-0.1, -0.05) is 72.4 Å². The van der Waals surface area contributed by atoms with E-state index in [0.29, 0.717) is 16.6 Å². The number of allylic oxidation sites excluding steroid dienone is 2. The molecule has 3 aromatic rings. The molecule has 0 spiro atoms. The Labute approximate surface area is 219 Å². The number of nitrogens with one attached hydrogen (secondary N) is 1. The topological polar surface area (TPSA) is 94.9 Å². The normalized spacial score (nSPS) is 17.0. The van der Waals surface area contributed by atoms with E-state index in [1.165, 1.54) is 23.1 Å². The van der Waals surface area contributed by atoms with Gasteiger partial charge in [-0.2, -0.15) is 5.01 Å². The van der Waals surface area contributed by atoms with Crippen LogP contribution < -0.4 is 20.0 Å². The Morgan fingerprint density at radius 1 is 1.05 bits per heavy atom. The van der Waals surface area contributed by atoms with Crippen molar-refractivity contribution in [1.29, 1.82) is 0 Å². The van der Waals surface area contributed by atoms with Gasteiger partial charge in [-0.3, -0.25) is 24.3 Å². The Morgan fingerprint density at radius 3 is 2.54 bits per heavy atom.